The Morgan fingerprint density at radius 3 is 3.00 bits per heavy atom. The maximum Gasteiger partial charge on any atom is 0.339 e. The first-order valence-corrected chi connectivity index (χ1v) is 6.66. The predicted molar refractivity (Wildman–Crippen MR) is 72.9 cm³/mol. The summed E-state index contributed by atoms with van der Waals surface area (Å²) in [4.78, 5) is 20.7. The Morgan fingerprint density at radius 2 is 2.20 bits per heavy atom. The number of aliphatic hydroxyl groups excluding tert-OH is 1. The van der Waals surface area contributed by atoms with E-state index in [2.05, 4.69) is 20.0 Å². The highest BCUT2D eigenvalue weighted by atomic mass is 32.2. The van der Waals surface area contributed by atoms with Gasteiger partial charge in [0.25, 0.3) is 0 Å². The third-order valence-electron chi connectivity index (χ3n) is 2.87. The molecule has 0 amide bonds. The molecule has 1 aromatic heterocycles. The summed E-state index contributed by atoms with van der Waals surface area (Å²) in [5.74, 6) is -0.0247. The molecule has 0 aliphatic carbocycles. The number of rotatable bonds is 2. The van der Waals surface area contributed by atoms with Crippen molar-refractivity contribution in [2.75, 3.05) is 12.4 Å². The van der Waals surface area contributed by atoms with Gasteiger partial charge in [-0.05, 0) is 17.7 Å². The van der Waals surface area contributed by atoms with Crippen molar-refractivity contribution in [1.82, 2.24) is 9.97 Å². The molecule has 0 saturated carbocycles. The molecule has 0 bridgehead atoms. The van der Waals surface area contributed by atoms with Crippen molar-refractivity contribution in [3.8, 4) is 0 Å². The first kappa shape index (κ1) is 12.9. The maximum atomic E-state index is 11.4. The van der Waals surface area contributed by atoms with Crippen molar-refractivity contribution < 1.29 is 14.6 Å². The number of hydrogen-bond donors (Lipinski definition) is 2. The second-order valence-corrected chi connectivity index (χ2v) is 5.15. The van der Waals surface area contributed by atoms with Gasteiger partial charge in [0.2, 0.25) is 0 Å². The molecule has 0 saturated heterocycles. The van der Waals surface area contributed by atoms with Gasteiger partial charge in [0.15, 0.2) is 11.9 Å². The monoisotopic (exact) mass is 289 g/mol. The number of carbonyl (C=O) groups is 1. The number of nitrogens with one attached hydrogen (secondary N) is 1. The van der Waals surface area contributed by atoms with E-state index in [1.54, 1.807) is 24.5 Å². The zero-order valence-electron chi connectivity index (χ0n) is 10.5. The molecular weight excluding hydrogens is 278 g/mol. The molecule has 20 heavy (non-hydrogen) atoms. The van der Waals surface area contributed by atoms with E-state index in [-0.39, 0.29) is 0 Å². The summed E-state index contributed by atoms with van der Waals surface area (Å²) in [6.45, 7) is 0. The number of fused-ring (bicyclic) bond motifs is 2. The lowest BCUT2D eigenvalue weighted by molar-refractivity contribution is -0.150. The Morgan fingerprint density at radius 1 is 1.40 bits per heavy atom. The molecule has 1 aliphatic heterocycles. The summed E-state index contributed by atoms with van der Waals surface area (Å²) in [5, 5.41) is 13.8. The number of hydrogen-bond acceptors (Lipinski definition) is 7. The summed E-state index contributed by atoms with van der Waals surface area (Å²) in [6, 6.07) is 5.23. The normalized spacial score (nSPS) is 13.7. The van der Waals surface area contributed by atoms with Crippen LogP contribution in [0.2, 0.25) is 0 Å². The van der Waals surface area contributed by atoms with Crippen LogP contribution in [-0.2, 0) is 9.53 Å². The van der Waals surface area contributed by atoms with Gasteiger partial charge in [0.1, 0.15) is 5.03 Å². The molecule has 2 heterocycles. The van der Waals surface area contributed by atoms with Gasteiger partial charge < -0.3 is 15.2 Å². The lowest BCUT2D eigenvalue weighted by Crippen LogP contribution is -2.14. The van der Waals surface area contributed by atoms with Crippen LogP contribution in [0, 0.1) is 0 Å². The van der Waals surface area contributed by atoms with Crippen LogP contribution in [0.15, 0.2) is 40.5 Å². The number of aliphatic hydroxyl groups is 1. The minimum absolute atomic E-state index is 0.469. The van der Waals surface area contributed by atoms with Crippen molar-refractivity contribution >= 4 is 29.2 Å². The highest BCUT2D eigenvalue weighted by Gasteiger charge is 2.22. The molecule has 7 heteroatoms. The minimum atomic E-state index is -1.29. The van der Waals surface area contributed by atoms with Gasteiger partial charge >= 0.3 is 5.97 Å². The van der Waals surface area contributed by atoms with Gasteiger partial charge in [-0.25, -0.2) is 14.8 Å². The molecule has 102 valence electrons. The Hall–Kier alpha value is -2.12. The fraction of sp³-hybridized carbons (Fsp3) is 0.154. The van der Waals surface area contributed by atoms with E-state index < -0.39 is 12.1 Å². The van der Waals surface area contributed by atoms with Crippen LogP contribution in [0.4, 0.5) is 11.5 Å². The van der Waals surface area contributed by atoms with E-state index in [9.17, 15) is 9.90 Å². The van der Waals surface area contributed by atoms with Gasteiger partial charge in [0, 0.05) is 17.3 Å². The molecule has 1 atom stereocenters. The number of ether oxygens (including phenoxy) is 1. The Kier molecular flexibility index (Phi) is 3.29. The van der Waals surface area contributed by atoms with Crippen molar-refractivity contribution in [3.05, 3.63) is 36.2 Å². The quantitative estimate of drug-likeness (QED) is 0.697. The van der Waals surface area contributed by atoms with Crippen LogP contribution in [0.3, 0.4) is 0 Å². The molecule has 3 rings (SSSR count). The third kappa shape index (κ3) is 2.21. The summed E-state index contributed by atoms with van der Waals surface area (Å²) in [5.41, 5.74) is 1.25. The van der Waals surface area contributed by atoms with Crippen LogP contribution in [0.5, 0.6) is 0 Å². The largest absolute Gasteiger partial charge is 0.467 e. The van der Waals surface area contributed by atoms with E-state index in [0.717, 1.165) is 15.6 Å². The van der Waals surface area contributed by atoms with E-state index in [1.807, 2.05) is 6.07 Å². The number of aromatic nitrogens is 2. The molecule has 2 N–H and O–H groups in total. The Bertz CT molecular complexity index is 678. The van der Waals surface area contributed by atoms with Gasteiger partial charge in [-0.2, -0.15) is 0 Å². The Balaban J connectivity index is 1.94. The molecule has 1 aliphatic rings. The van der Waals surface area contributed by atoms with Crippen LogP contribution in [-0.4, -0.2) is 28.2 Å². The van der Waals surface area contributed by atoms with Crippen molar-refractivity contribution in [3.63, 3.8) is 0 Å². The SMILES string of the molecule is COC(=O)C(O)c1ccc2c(c1)Nc1nccnc1S2. The summed E-state index contributed by atoms with van der Waals surface area (Å²) < 4.78 is 4.53. The highest BCUT2D eigenvalue weighted by molar-refractivity contribution is 7.99. The van der Waals surface area contributed by atoms with Gasteiger partial charge in [-0.1, -0.05) is 17.8 Å². The lowest BCUT2D eigenvalue weighted by atomic mass is 10.1. The van der Waals surface area contributed by atoms with E-state index in [4.69, 9.17) is 0 Å². The average Bonchev–Trinajstić information content (AvgIpc) is 2.50. The number of anilines is 2. The summed E-state index contributed by atoms with van der Waals surface area (Å²) in [7, 11) is 1.24. The topological polar surface area (TPSA) is 84.3 Å². The van der Waals surface area contributed by atoms with Crippen LogP contribution in [0.1, 0.15) is 11.7 Å². The molecule has 0 radical (unpaired) electrons. The smallest absolute Gasteiger partial charge is 0.339 e. The average molecular weight is 289 g/mol. The minimum Gasteiger partial charge on any atom is -0.467 e. The van der Waals surface area contributed by atoms with Crippen molar-refractivity contribution in [2.24, 2.45) is 0 Å². The van der Waals surface area contributed by atoms with Crippen molar-refractivity contribution in [2.45, 2.75) is 16.0 Å². The first-order chi connectivity index (χ1) is 9.69. The second kappa shape index (κ2) is 5.10. The predicted octanol–water partition coefficient (Wildman–Crippen LogP) is 1.89. The van der Waals surface area contributed by atoms with E-state index in [0.29, 0.717) is 11.4 Å². The van der Waals surface area contributed by atoms with Gasteiger partial charge in [-0.15, -0.1) is 0 Å². The number of methoxy groups -OCH3 is 1. The summed E-state index contributed by atoms with van der Waals surface area (Å²) >= 11 is 1.48. The molecular formula is C13H11N3O3S. The Labute approximate surface area is 119 Å². The lowest BCUT2D eigenvalue weighted by Gasteiger charge is -2.20. The van der Waals surface area contributed by atoms with E-state index >= 15 is 0 Å². The van der Waals surface area contributed by atoms with E-state index in [1.165, 1.54) is 18.9 Å². The fourth-order valence-corrected chi connectivity index (χ4v) is 2.75. The molecule has 0 spiro atoms. The fourth-order valence-electron chi connectivity index (χ4n) is 1.87. The number of carbonyl (C=O) groups excluding carboxylic acids is 1. The van der Waals surface area contributed by atoms with Crippen LogP contribution >= 0.6 is 11.8 Å². The summed E-state index contributed by atoms with van der Waals surface area (Å²) in [6.07, 6.45) is 1.94. The van der Waals surface area contributed by atoms with Crippen molar-refractivity contribution in [1.29, 1.82) is 0 Å². The molecule has 2 aromatic rings. The molecule has 1 unspecified atom stereocenters. The first-order valence-electron chi connectivity index (χ1n) is 5.85. The van der Waals surface area contributed by atoms with Gasteiger partial charge in [0.05, 0.1) is 12.8 Å². The van der Waals surface area contributed by atoms with Gasteiger partial charge in [-0.3, -0.25) is 0 Å². The zero-order chi connectivity index (χ0) is 14.1. The number of esters is 1. The molecule has 1 aromatic carbocycles. The zero-order valence-corrected chi connectivity index (χ0v) is 11.3. The van der Waals surface area contributed by atoms with Crippen LogP contribution < -0.4 is 5.32 Å². The standard InChI is InChI=1S/C13H11N3O3S/c1-19-13(18)10(17)7-2-3-9-8(6-7)16-11-12(20-9)15-5-4-14-11/h2-6,10,17H,1H3,(H,14,16). The number of nitrogens with zero attached hydrogens (tertiary/aromatic N) is 2. The number of benzene rings is 1. The maximum absolute atomic E-state index is 11.4. The molecule has 0 fully saturated rings. The van der Waals surface area contributed by atoms with Crippen LogP contribution in [0.25, 0.3) is 0 Å². The molecule has 6 nitrogen and oxygen atoms in total. The third-order valence-corrected chi connectivity index (χ3v) is 3.94. The highest BCUT2D eigenvalue weighted by Crippen LogP contribution is 2.42. The second-order valence-electron chi connectivity index (χ2n) is 4.12.